The molecule has 0 bridgehead atoms. The topological polar surface area (TPSA) is 36.0 Å². The minimum atomic E-state index is -0.153. The van der Waals surface area contributed by atoms with E-state index >= 15 is 0 Å². The average molecular weight is 434 g/mol. The molecule has 0 saturated carbocycles. The van der Waals surface area contributed by atoms with E-state index in [0.717, 1.165) is 36.4 Å². The van der Waals surface area contributed by atoms with Crippen molar-refractivity contribution in [1.82, 2.24) is 14.7 Å². The van der Waals surface area contributed by atoms with Crippen LogP contribution < -0.4 is 4.74 Å². The van der Waals surface area contributed by atoms with Crippen molar-refractivity contribution >= 4 is 29.2 Å². The number of urea groups is 1. The predicted octanol–water partition coefficient (Wildman–Crippen LogP) is 4.34. The summed E-state index contributed by atoms with van der Waals surface area (Å²) in [7, 11) is 3.58. The van der Waals surface area contributed by atoms with Gasteiger partial charge in [0, 0.05) is 55.9 Å². The predicted molar refractivity (Wildman–Crippen MR) is 116 cm³/mol. The van der Waals surface area contributed by atoms with Gasteiger partial charge in [0.25, 0.3) is 0 Å². The highest BCUT2D eigenvalue weighted by Gasteiger charge is 2.40. The molecule has 0 spiro atoms. The lowest BCUT2D eigenvalue weighted by Gasteiger charge is -2.40. The normalized spacial score (nSPS) is 21.7. The van der Waals surface area contributed by atoms with Gasteiger partial charge in [-0.3, -0.25) is 4.90 Å². The van der Waals surface area contributed by atoms with Gasteiger partial charge in [0.1, 0.15) is 11.9 Å². The van der Waals surface area contributed by atoms with Crippen LogP contribution in [-0.2, 0) is 6.42 Å². The van der Waals surface area contributed by atoms with Crippen molar-refractivity contribution in [3.05, 3.63) is 63.6 Å². The van der Waals surface area contributed by atoms with Crippen LogP contribution >= 0.6 is 23.2 Å². The summed E-state index contributed by atoms with van der Waals surface area (Å²) < 4.78 is 6.44. The second kappa shape index (κ2) is 8.42. The first kappa shape index (κ1) is 20.3. The molecule has 2 aliphatic rings. The molecule has 29 heavy (non-hydrogen) atoms. The Morgan fingerprint density at radius 1 is 1.07 bits per heavy atom. The number of carbonyl (C=O) groups is 1. The molecule has 2 atom stereocenters. The fraction of sp³-hybridized carbons (Fsp3) is 0.409. The zero-order valence-corrected chi connectivity index (χ0v) is 18.2. The Hall–Kier alpha value is -1.95. The number of fused-ring (bicyclic) bond motifs is 1. The van der Waals surface area contributed by atoms with Gasteiger partial charge in [0.2, 0.25) is 0 Å². The number of carbonyl (C=O) groups excluding carboxylic acids is 1. The first-order valence-electron chi connectivity index (χ1n) is 9.84. The van der Waals surface area contributed by atoms with Crippen molar-refractivity contribution in [2.45, 2.75) is 18.6 Å². The summed E-state index contributed by atoms with van der Waals surface area (Å²) in [4.78, 5) is 18.2. The molecule has 2 aromatic rings. The van der Waals surface area contributed by atoms with Crippen LogP contribution in [0.25, 0.3) is 0 Å². The molecule has 0 aromatic heterocycles. The summed E-state index contributed by atoms with van der Waals surface area (Å²) in [5, 5.41) is 1.32. The summed E-state index contributed by atoms with van der Waals surface area (Å²) in [6, 6.07) is 13.8. The maximum atomic E-state index is 12.3. The van der Waals surface area contributed by atoms with Gasteiger partial charge in [0.05, 0.1) is 6.04 Å². The van der Waals surface area contributed by atoms with Gasteiger partial charge in [-0.05, 0) is 36.2 Å². The van der Waals surface area contributed by atoms with E-state index in [1.165, 1.54) is 0 Å². The Labute approximate surface area is 181 Å². The first-order valence-corrected chi connectivity index (χ1v) is 10.6. The number of hydrogen-bond donors (Lipinski definition) is 0. The lowest BCUT2D eigenvalue weighted by atomic mass is 10.1. The number of ether oxygens (including phenoxy) is 1. The molecule has 1 fully saturated rings. The minimum Gasteiger partial charge on any atom is -0.484 e. The van der Waals surface area contributed by atoms with Gasteiger partial charge in [-0.25, -0.2) is 4.79 Å². The van der Waals surface area contributed by atoms with Crippen LogP contribution in [-0.4, -0.2) is 67.0 Å². The molecule has 2 amide bonds. The van der Waals surface area contributed by atoms with Crippen LogP contribution in [0.2, 0.25) is 10.0 Å². The molecule has 4 rings (SSSR count). The molecular formula is C22H25Cl2N3O2. The summed E-state index contributed by atoms with van der Waals surface area (Å²) in [5.41, 5.74) is 2.16. The van der Waals surface area contributed by atoms with Gasteiger partial charge in [-0.2, -0.15) is 0 Å². The zero-order chi connectivity index (χ0) is 20.5. The largest absolute Gasteiger partial charge is 0.484 e. The molecule has 154 valence electrons. The SMILES string of the molecule is CN(C)C(=O)N1CCN([C@H]2Cc3c(Cl)cc(Cl)cc3[C@@H]2Oc2ccccc2)CC1. The maximum absolute atomic E-state index is 12.3. The number of amides is 2. The van der Waals surface area contributed by atoms with Crippen LogP contribution in [0.5, 0.6) is 5.75 Å². The molecule has 0 N–H and O–H groups in total. The van der Waals surface area contributed by atoms with Crippen molar-refractivity contribution in [1.29, 1.82) is 0 Å². The summed E-state index contributed by atoms with van der Waals surface area (Å²) >= 11 is 12.8. The number of halogens is 2. The van der Waals surface area contributed by atoms with Crippen LogP contribution in [0.4, 0.5) is 4.79 Å². The fourth-order valence-electron chi connectivity index (χ4n) is 4.25. The molecule has 1 saturated heterocycles. The van der Waals surface area contributed by atoms with E-state index in [-0.39, 0.29) is 18.2 Å². The Morgan fingerprint density at radius 3 is 2.41 bits per heavy atom. The number of nitrogens with zero attached hydrogens (tertiary/aromatic N) is 3. The molecule has 1 heterocycles. The van der Waals surface area contributed by atoms with Crippen molar-refractivity contribution < 1.29 is 9.53 Å². The van der Waals surface area contributed by atoms with Gasteiger partial charge < -0.3 is 14.5 Å². The number of para-hydroxylation sites is 1. The number of hydrogen-bond acceptors (Lipinski definition) is 3. The summed E-state index contributed by atoms with van der Waals surface area (Å²) in [5.74, 6) is 0.827. The third kappa shape index (κ3) is 4.18. The van der Waals surface area contributed by atoms with E-state index in [4.69, 9.17) is 27.9 Å². The van der Waals surface area contributed by atoms with Crippen LogP contribution in [0.15, 0.2) is 42.5 Å². The molecule has 1 aliphatic heterocycles. The quantitative estimate of drug-likeness (QED) is 0.721. The van der Waals surface area contributed by atoms with E-state index < -0.39 is 0 Å². The Kier molecular flexibility index (Phi) is 5.91. The average Bonchev–Trinajstić information content (AvgIpc) is 3.07. The van der Waals surface area contributed by atoms with Gasteiger partial charge >= 0.3 is 6.03 Å². The van der Waals surface area contributed by atoms with Crippen molar-refractivity contribution in [2.75, 3.05) is 40.3 Å². The van der Waals surface area contributed by atoms with Crippen LogP contribution in [0.1, 0.15) is 17.2 Å². The second-order valence-corrected chi connectivity index (χ2v) is 8.62. The van der Waals surface area contributed by atoms with E-state index in [1.54, 1.807) is 25.1 Å². The molecule has 2 aromatic carbocycles. The molecular weight excluding hydrogens is 409 g/mol. The zero-order valence-electron chi connectivity index (χ0n) is 16.6. The monoisotopic (exact) mass is 433 g/mol. The maximum Gasteiger partial charge on any atom is 0.319 e. The van der Waals surface area contributed by atoms with Crippen LogP contribution in [0.3, 0.4) is 0 Å². The first-order chi connectivity index (χ1) is 13.9. The van der Waals surface area contributed by atoms with Crippen molar-refractivity contribution in [3.8, 4) is 5.75 Å². The highest BCUT2D eigenvalue weighted by molar-refractivity contribution is 6.35. The van der Waals surface area contributed by atoms with Gasteiger partial charge in [0.15, 0.2) is 0 Å². The number of piperazine rings is 1. The van der Waals surface area contributed by atoms with E-state index in [2.05, 4.69) is 4.90 Å². The van der Waals surface area contributed by atoms with Gasteiger partial charge in [-0.1, -0.05) is 41.4 Å². The van der Waals surface area contributed by atoms with E-state index in [0.29, 0.717) is 23.1 Å². The highest BCUT2D eigenvalue weighted by Crippen LogP contribution is 2.42. The van der Waals surface area contributed by atoms with Crippen molar-refractivity contribution in [3.63, 3.8) is 0 Å². The fourth-order valence-corrected chi connectivity index (χ4v) is 4.84. The molecule has 0 radical (unpaired) electrons. The Morgan fingerprint density at radius 2 is 1.76 bits per heavy atom. The summed E-state index contributed by atoms with van der Waals surface area (Å²) in [6.45, 7) is 3.02. The third-order valence-electron chi connectivity index (χ3n) is 5.71. The summed E-state index contributed by atoms with van der Waals surface area (Å²) in [6.07, 6.45) is 0.657. The molecule has 1 aliphatic carbocycles. The second-order valence-electron chi connectivity index (χ2n) is 7.78. The van der Waals surface area contributed by atoms with Crippen molar-refractivity contribution in [2.24, 2.45) is 0 Å². The highest BCUT2D eigenvalue weighted by atomic mass is 35.5. The van der Waals surface area contributed by atoms with Gasteiger partial charge in [-0.15, -0.1) is 0 Å². The van der Waals surface area contributed by atoms with E-state index in [1.807, 2.05) is 41.3 Å². The smallest absolute Gasteiger partial charge is 0.319 e. The standard InChI is InChI=1S/C22H25Cl2N3O2/c1-25(2)22(28)27-10-8-26(9-11-27)20-14-17-18(12-15(23)13-19(17)24)21(20)29-16-6-4-3-5-7-16/h3-7,12-13,20-21H,8-11,14H2,1-2H3/t20-,21-/m0/s1. The Bertz CT molecular complexity index is 883. The van der Waals surface area contributed by atoms with Crippen LogP contribution in [0, 0.1) is 0 Å². The minimum absolute atomic E-state index is 0.0614. The third-order valence-corrected chi connectivity index (χ3v) is 6.26. The van der Waals surface area contributed by atoms with E-state index in [9.17, 15) is 4.79 Å². The number of rotatable bonds is 3. The molecule has 5 nitrogen and oxygen atoms in total. The molecule has 0 unspecified atom stereocenters. The lowest BCUT2D eigenvalue weighted by molar-refractivity contribution is 0.0441. The lowest BCUT2D eigenvalue weighted by Crippen LogP contribution is -2.55. The molecule has 7 heteroatoms. The Balaban J connectivity index is 1.57. The number of benzene rings is 2.